The average molecular weight is 276 g/mol. The lowest BCUT2D eigenvalue weighted by molar-refractivity contribution is 0.0600. The van der Waals surface area contributed by atoms with Crippen molar-refractivity contribution in [1.82, 2.24) is 15.0 Å². The van der Waals surface area contributed by atoms with E-state index in [0.717, 1.165) is 11.4 Å². The zero-order chi connectivity index (χ0) is 14.5. The number of esters is 1. The number of hydrogen-bond acceptors (Lipinski definition) is 6. The molecule has 1 aromatic carbocycles. The quantitative estimate of drug-likeness (QED) is 0.806. The van der Waals surface area contributed by atoms with Crippen LogP contribution in [0.25, 0.3) is 5.69 Å². The van der Waals surface area contributed by atoms with Crippen molar-refractivity contribution < 1.29 is 14.3 Å². The van der Waals surface area contributed by atoms with Crippen LogP contribution in [0.15, 0.2) is 24.3 Å². The van der Waals surface area contributed by atoms with Gasteiger partial charge in [-0.3, -0.25) is 0 Å². The second-order valence-electron chi connectivity index (χ2n) is 4.07. The van der Waals surface area contributed by atoms with Crippen LogP contribution in [0, 0.1) is 0 Å². The summed E-state index contributed by atoms with van der Waals surface area (Å²) in [5, 5.41) is 8.08. The van der Waals surface area contributed by atoms with Crippen LogP contribution in [0.1, 0.15) is 21.7 Å². The number of nitrogens with two attached hydrogens (primary N) is 1. The Bertz CT molecular complexity index is 592. The van der Waals surface area contributed by atoms with Crippen molar-refractivity contribution in [2.24, 2.45) is 5.73 Å². The van der Waals surface area contributed by atoms with Crippen molar-refractivity contribution in [1.29, 1.82) is 0 Å². The normalized spacial score (nSPS) is 10.6. The van der Waals surface area contributed by atoms with E-state index < -0.39 is 0 Å². The molecule has 0 bridgehead atoms. The van der Waals surface area contributed by atoms with Gasteiger partial charge in [-0.15, -0.1) is 5.10 Å². The summed E-state index contributed by atoms with van der Waals surface area (Å²) in [6.07, 6.45) is 0. The molecule has 0 saturated heterocycles. The number of carbonyl (C=O) groups is 1. The van der Waals surface area contributed by atoms with Crippen LogP contribution in [-0.2, 0) is 22.6 Å². The first kappa shape index (κ1) is 14.2. The molecule has 0 amide bonds. The van der Waals surface area contributed by atoms with Crippen molar-refractivity contribution in [2.75, 3.05) is 14.2 Å². The number of benzene rings is 1. The fraction of sp³-hybridized carbons (Fsp3) is 0.308. The maximum Gasteiger partial charge on any atom is 0.337 e. The van der Waals surface area contributed by atoms with Gasteiger partial charge in [-0.05, 0) is 24.3 Å². The second-order valence-corrected chi connectivity index (χ2v) is 4.07. The molecule has 0 aliphatic carbocycles. The van der Waals surface area contributed by atoms with E-state index in [1.807, 2.05) is 0 Å². The molecule has 0 saturated carbocycles. The maximum atomic E-state index is 11.4. The van der Waals surface area contributed by atoms with Crippen LogP contribution in [0.3, 0.4) is 0 Å². The molecular formula is C13H16N4O3. The Kier molecular flexibility index (Phi) is 4.44. The Hall–Kier alpha value is -2.25. The van der Waals surface area contributed by atoms with Crippen LogP contribution < -0.4 is 5.73 Å². The maximum absolute atomic E-state index is 11.4. The molecule has 0 fully saturated rings. The molecule has 7 nitrogen and oxygen atoms in total. The number of methoxy groups -OCH3 is 2. The Labute approximate surface area is 116 Å². The highest BCUT2D eigenvalue weighted by Crippen LogP contribution is 2.15. The molecule has 2 N–H and O–H groups in total. The first-order valence-corrected chi connectivity index (χ1v) is 6.02. The van der Waals surface area contributed by atoms with Gasteiger partial charge in [0, 0.05) is 13.7 Å². The van der Waals surface area contributed by atoms with Gasteiger partial charge in [-0.25, -0.2) is 9.48 Å². The monoisotopic (exact) mass is 276 g/mol. The van der Waals surface area contributed by atoms with Crippen molar-refractivity contribution in [3.63, 3.8) is 0 Å². The van der Waals surface area contributed by atoms with Gasteiger partial charge in [0.05, 0.1) is 30.7 Å². The first-order chi connectivity index (χ1) is 9.71. The smallest absolute Gasteiger partial charge is 0.337 e. The highest BCUT2D eigenvalue weighted by atomic mass is 16.5. The highest BCUT2D eigenvalue weighted by molar-refractivity contribution is 5.89. The predicted molar refractivity (Wildman–Crippen MR) is 71.3 cm³/mol. The molecule has 2 aromatic rings. The van der Waals surface area contributed by atoms with Gasteiger partial charge in [0.1, 0.15) is 5.69 Å². The number of ether oxygens (including phenoxy) is 2. The van der Waals surface area contributed by atoms with E-state index in [2.05, 4.69) is 15.0 Å². The zero-order valence-corrected chi connectivity index (χ0v) is 11.4. The van der Waals surface area contributed by atoms with Crippen LogP contribution in [-0.4, -0.2) is 35.2 Å². The number of rotatable bonds is 5. The minimum Gasteiger partial charge on any atom is -0.465 e. The standard InChI is InChI=1S/C13H16N4O3/c1-19-8-12-11(7-14)15-16-17(12)10-5-3-9(4-6-10)13(18)20-2/h3-6H,7-8,14H2,1-2H3. The van der Waals surface area contributed by atoms with Gasteiger partial charge >= 0.3 is 5.97 Å². The van der Waals surface area contributed by atoms with E-state index in [1.165, 1.54) is 7.11 Å². The SMILES string of the molecule is COCc1c(CN)nnn1-c1ccc(C(=O)OC)cc1. The van der Waals surface area contributed by atoms with Crippen LogP contribution in [0.5, 0.6) is 0 Å². The lowest BCUT2D eigenvalue weighted by Gasteiger charge is -2.07. The Morgan fingerprint density at radius 3 is 2.55 bits per heavy atom. The van der Waals surface area contributed by atoms with Gasteiger partial charge in [0.2, 0.25) is 0 Å². The van der Waals surface area contributed by atoms with Crippen LogP contribution in [0.4, 0.5) is 0 Å². The summed E-state index contributed by atoms with van der Waals surface area (Å²) in [7, 11) is 2.94. The molecule has 0 atom stereocenters. The number of hydrogen-bond donors (Lipinski definition) is 1. The summed E-state index contributed by atoms with van der Waals surface area (Å²) < 4.78 is 11.4. The molecule has 2 rings (SSSR count). The summed E-state index contributed by atoms with van der Waals surface area (Å²) in [5.74, 6) is -0.380. The molecule has 20 heavy (non-hydrogen) atoms. The van der Waals surface area contributed by atoms with E-state index in [0.29, 0.717) is 24.4 Å². The fourth-order valence-corrected chi connectivity index (χ4v) is 1.84. The van der Waals surface area contributed by atoms with Crippen molar-refractivity contribution in [3.8, 4) is 5.69 Å². The Balaban J connectivity index is 2.36. The average Bonchev–Trinajstić information content (AvgIpc) is 2.90. The van der Waals surface area contributed by atoms with Crippen molar-refractivity contribution in [3.05, 3.63) is 41.2 Å². The lowest BCUT2D eigenvalue weighted by Crippen LogP contribution is -2.08. The van der Waals surface area contributed by atoms with E-state index in [1.54, 1.807) is 36.1 Å². The summed E-state index contributed by atoms with van der Waals surface area (Å²) in [4.78, 5) is 11.4. The van der Waals surface area contributed by atoms with Gasteiger partial charge in [0.15, 0.2) is 0 Å². The molecule has 0 radical (unpaired) electrons. The number of carbonyl (C=O) groups excluding carboxylic acids is 1. The van der Waals surface area contributed by atoms with Crippen LogP contribution >= 0.6 is 0 Å². The van der Waals surface area contributed by atoms with E-state index in [-0.39, 0.29) is 5.97 Å². The van der Waals surface area contributed by atoms with Gasteiger partial charge in [-0.2, -0.15) is 0 Å². The number of aromatic nitrogens is 3. The first-order valence-electron chi connectivity index (χ1n) is 6.02. The topological polar surface area (TPSA) is 92.3 Å². The van der Waals surface area contributed by atoms with Gasteiger partial charge in [-0.1, -0.05) is 5.21 Å². The molecule has 106 valence electrons. The summed E-state index contributed by atoms with van der Waals surface area (Å²) in [5.41, 5.74) is 8.35. The minimum atomic E-state index is -0.380. The van der Waals surface area contributed by atoms with E-state index in [9.17, 15) is 4.79 Å². The summed E-state index contributed by atoms with van der Waals surface area (Å²) in [6.45, 7) is 0.650. The largest absolute Gasteiger partial charge is 0.465 e. The summed E-state index contributed by atoms with van der Waals surface area (Å²) in [6, 6.07) is 6.86. The molecule has 0 spiro atoms. The molecular weight excluding hydrogens is 260 g/mol. The Morgan fingerprint density at radius 1 is 1.30 bits per heavy atom. The minimum absolute atomic E-state index is 0.291. The molecule has 7 heteroatoms. The van der Waals surface area contributed by atoms with Crippen molar-refractivity contribution in [2.45, 2.75) is 13.2 Å². The Morgan fingerprint density at radius 2 is 2.00 bits per heavy atom. The zero-order valence-electron chi connectivity index (χ0n) is 11.4. The third-order valence-corrected chi connectivity index (χ3v) is 2.85. The molecule has 0 aliphatic rings. The predicted octanol–water partition coefficient (Wildman–Crippen LogP) is 0.659. The second kappa shape index (κ2) is 6.27. The molecule has 1 aromatic heterocycles. The molecule has 0 aliphatic heterocycles. The lowest BCUT2D eigenvalue weighted by atomic mass is 10.2. The molecule has 0 unspecified atom stereocenters. The van der Waals surface area contributed by atoms with E-state index in [4.69, 9.17) is 10.5 Å². The fourth-order valence-electron chi connectivity index (χ4n) is 1.84. The third-order valence-electron chi connectivity index (χ3n) is 2.85. The highest BCUT2D eigenvalue weighted by Gasteiger charge is 2.13. The van der Waals surface area contributed by atoms with Gasteiger partial charge < -0.3 is 15.2 Å². The van der Waals surface area contributed by atoms with E-state index >= 15 is 0 Å². The third kappa shape index (κ3) is 2.68. The van der Waals surface area contributed by atoms with Crippen LogP contribution in [0.2, 0.25) is 0 Å². The summed E-state index contributed by atoms with van der Waals surface area (Å²) >= 11 is 0. The number of nitrogens with zero attached hydrogens (tertiary/aromatic N) is 3. The van der Waals surface area contributed by atoms with Gasteiger partial charge in [0.25, 0.3) is 0 Å². The molecule has 1 heterocycles. The van der Waals surface area contributed by atoms with Crippen molar-refractivity contribution >= 4 is 5.97 Å².